The number of aliphatic hydroxyl groups excluding tert-OH is 1. The van der Waals surface area contributed by atoms with Crippen molar-refractivity contribution in [2.45, 2.75) is 25.9 Å². The average Bonchev–Trinajstić information content (AvgIpc) is 3.00. The number of anilines is 1. The predicted molar refractivity (Wildman–Crippen MR) is 88.1 cm³/mol. The van der Waals surface area contributed by atoms with E-state index in [1.165, 1.54) is 5.56 Å². The molecule has 0 atom stereocenters. The molecular formula is C16H23N5O2. The van der Waals surface area contributed by atoms with Gasteiger partial charge in [0.25, 0.3) is 0 Å². The summed E-state index contributed by atoms with van der Waals surface area (Å²) in [6.07, 6.45) is 2.11. The number of H-pyrrole nitrogens is 2. The van der Waals surface area contributed by atoms with Gasteiger partial charge in [-0.1, -0.05) is 18.2 Å². The van der Waals surface area contributed by atoms with E-state index in [9.17, 15) is 9.90 Å². The zero-order valence-electron chi connectivity index (χ0n) is 13.1. The fourth-order valence-corrected chi connectivity index (χ4v) is 2.97. The molecule has 1 aromatic carbocycles. The minimum atomic E-state index is -0.290. The Bertz CT molecular complexity index is 673. The van der Waals surface area contributed by atoms with Gasteiger partial charge < -0.3 is 10.4 Å². The average molecular weight is 317 g/mol. The van der Waals surface area contributed by atoms with Crippen LogP contribution in [-0.2, 0) is 13.1 Å². The zero-order valence-corrected chi connectivity index (χ0v) is 13.1. The van der Waals surface area contributed by atoms with Crippen molar-refractivity contribution in [3.8, 4) is 0 Å². The molecule has 0 unspecified atom stereocenters. The second-order valence-electron chi connectivity index (χ2n) is 6.04. The molecule has 2 heterocycles. The molecule has 3 rings (SSSR count). The van der Waals surface area contributed by atoms with Gasteiger partial charge in [0.15, 0.2) is 0 Å². The molecule has 7 heteroatoms. The third kappa shape index (κ3) is 4.20. The van der Waals surface area contributed by atoms with Crippen LogP contribution in [0.1, 0.15) is 24.2 Å². The van der Waals surface area contributed by atoms with Crippen LogP contribution in [0.25, 0.3) is 0 Å². The number of benzene rings is 1. The van der Waals surface area contributed by atoms with Gasteiger partial charge in [-0.2, -0.15) is 5.10 Å². The molecule has 0 amide bonds. The van der Waals surface area contributed by atoms with Crippen molar-refractivity contribution >= 4 is 5.69 Å². The van der Waals surface area contributed by atoms with E-state index in [2.05, 4.69) is 31.5 Å². The highest BCUT2D eigenvalue weighted by atomic mass is 16.3. The van der Waals surface area contributed by atoms with Gasteiger partial charge in [-0.3, -0.25) is 9.88 Å². The van der Waals surface area contributed by atoms with Crippen LogP contribution in [0, 0.1) is 5.92 Å². The van der Waals surface area contributed by atoms with Crippen LogP contribution in [-0.4, -0.2) is 44.9 Å². The number of aromatic nitrogens is 3. The molecule has 0 spiro atoms. The topological polar surface area (TPSA) is 97.0 Å². The Balaban J connectivity index is 1.60. The van der Waals surface area contributed by atoms with Gasteiger partial charge in [0.05, 0.1) is 6.54 Å². The van der Waals surface area contributed by atoms with Gasteiger partial charge >= 0.3 is 5.69 Å². The maximum atomic E-state index is 11.1. The molecule has 7 nitrogen and oxygen atoms in total. The predicted octanol–water partition coefficient (Wildman–Crippen LogP) is 0.914. The Labute approximate surface area is 134 Å². The number of para-hydroxylation sites is 1. The molecule has 0 aliphatic carbocycles. The second kappa shape index (κ2) is 7.43. The van der Waals surface area contributed by atoms with Crippen molar-refractivity contribution in [3.63, 3.8) is 0 Å². The number of piperidine rings is 1. The molecule has 23 heavy (non-hydrogen) atoms. The van der Waals surface area contributed by atoms with Crippen LogP contribution in [0.15, 0.2) is 29.1 Å². The van der Waals surface area contributed by atoms with Crippen molar-refractivity contribution in [2.24, 2.45) is 5.92 Å². The highest BCUT2D eigenvalue weighted by Crippen LogP contribution is 2.22. The third-order valence-electron chi connectivity index (χ3n) is 4.37. The Morgan fingerprint density at radius 3 is 2.78 bits per heavy atom. The first-order valence-corrected chi connectivity index (χ1v) is 8.03. The normalized spacial score (nSPS) is 16.6. The van der Waals surface area contributed by atoms with E-state index < -0.39 is 0 Å². The Hall–Kier alpha value is -2.12. The number of hydrogen-bond acceptors (Lipinski definition) is 5. The van der Waals surface area contributed by atoms with E-state index in [1.807, 2.05) is 18.2 Å². The lowest BCUT2D eigenvalue weighted by atomic mass is 9.97. The zero-order chi connectivity index (χ0) is 16.1. The lowest BCUT2D eigenvalue weighted by Gasteiger charge is -2.31. The summed E-state index contributed by atoms with van der Waals surface area (Å²) in [7, 11) is 0. The highest BCUT2D eigenvalue weighted by Gasteiger charge is 2.19. The summed E-state index contributed by atoms with van der Waals surface area (Å²) < 4.78 is 0. The van der Waals surface area contributed by atoms with E-state index in [0.29, 0.717) is 24.9 Å². The number of aromatic amines is 2. The van der Waals surface area contributed by atoms with Crippen molar-refractivity contribution < 1.29 is 5.11 Å². The molecule has 1 aliphatic heterocycles. The summed E-state index contributed by atoms with van der Waals surface area (Å²) in [5.41, 5.74) is 2.00. The van der Waals surface area contributed by atoms with E-state index in [4.69, 9.17) is 0 Å². The minimum Gasteiger partial charge on any atom is -0.396 e. The van der Waals surface area contributed by atoms with E-state index in [-0.39, 0.29) is 5.69 Å². The number of likely N-dealkylation sites (tertiary alicyclic amines) is 1. The third-order valence-corrected chi connectivity index (χ3v) is 4.37. The maximum absolute atomic E-state index is 11.1. The number of rotatable bonds is 6. The van der Waals surface area contributed by atoms with Gasteiger partial charge in [-0.15, -0.1) is 0 Å². The summed E-state index contributed by atoms with van der Waals surface area (Å²) in [6, 6.07) is 8.20. The molecule has 1 aromatic heterocycles. The quantitative estimate of drug-likeness (QED) is 0.635. The monoisotopic (exact) mass is 317 g/mol. The smallest absolute Gasteiger partial charge is 0.340 e. The molecule has 0 radical (unpaired) electrons. The van der Waals surface area contributed by atoms with Gasteiger partial charge in [-0.25, -0.2) is 9.89 Å². The van der Waals surface area contributed by atoms with Gasteiger partial charge in [0.2, 0.25) is 0 Å². The molecule has 0 bridgehead atoms. The highest BCUT2D eigenvalue weighted by molar-refractivity contribution is 5.51. The molecule has 4 N–H and O–H groups in total. The van der Waals surface area contributed by atoms with Crippen molar-refractivity contribution in [2.75, 3.05) is 25.0 Å². The fourth-order valence-electron chi connectivity index (χ4n) is 2.97. The van der Waals surface area contributed by atoms with Crippen LogP contribution in [0.5, 0.6) is 0 Å². The number of hydrogen-bond donors (Lipinski definition) is 4. The largest absolute Gasteiger partial charge is 0.396 e. The first-order chi connectivity index (χ1) is 11.2. The number of aliphatic hydroxyl groups is 1. The van der Waals surface area contributed by atoms with Gasteiger partial charge in [0, 0.05) is 18.8 Å². The van der Waals surface area contributed by atoms with Crippen LogP contribution >= 0.6 is 0 Å². The van der Waals surface area contributed by atoms with Crippen LogP contribution in [0.2, 0.25) is 0 Å². The molecule has 124 valence electrons. The molecule has 1 aliphatic rings. The second-order valence-corrected chi connectivity index (χ2v) is 6.04. The lowest BCUT2D eigenvalue weighted by molar-refractivity contribution is 0.127. The summed E-state index contributed by atoms with van der Waals surface area (Å²) >= 11 is 0. The molecule has 0 saturated carbocycles. The van der Waals surface area contributed by atoms with Crippen molar-refractivity contribution in [1.29, 1.82) is 0 Å². The molecular weight excluding hydrogens is 294 g/mol. The van der Waals surface area contributed by atoms with E-state index >= 15 is 0 Å². The Morgan fingerprint density at radius 1 is 1.30 bits per heavy atom. The van der Waals surface area contributed by atoms with Gasteiger partial charge in [0.1, 0.15) is 5.82 Å². The molecule has 1 fully saturated rings. The van der Waals surface area contributed by atoms with Crippen LogP contribution < -0.4 is 11.0 Å². The van der Waals surface area contributed by atoms with Crippen LogP contribution in [0.4, 0.5) is 5.69 Å². The van der Waals surface area contributed by atoms with Crippen molar-refractivity contribution in [3.05, 3.63) is 46.1 Å². The SMILES string of the molecule is O=c1[nH]nc(CNc2ccccc2CN2CCC(CO)CC2)[nH]1. The molecule has 1 saturated heterocycles. The summed E-state index contributed by atoms with van der Waals surface area (Å²) in [5, 5.41) is 18.8. The standard InChI is InChI=1S/C16H23N5O2/c22-11-12-5-7-21(8-6-12)10-13-3-1-2-4-14(13)17-9-15-18-16(23)20-19-15/h1-4,12,17,22H,5-11H2,(H2,18,19,20,23). The van der Waals surface area contributed by atoms with E-state index in [0.717, 1.165) is 38.2 Å². The Morgan fingerprint density at radius 2 is 2.09 bits per heavy atom. The molecule has 2 aromatic rings. The summed E-state index contributed by atoms with van der Waals surface area (Å²) in [6.45, 7) is 3.70. The number of nitrogens with one attached hydrogen (secondary N) is 3. The number of nitrogens with zero attached hydrogens (tertiary/aromatic N) is 2. The van der Waals surface area contributed by atoms with Crippen LogP contribution in [0.3, 0.4) is 0 Å². The summed E-state index contributed by atoms with van der Waals surface area (Å²) in [5.74, 6) is 1.05. The fraction of sp³-hybridized carbons (Fsp3) is 0.500. The first kappa shape index (κ1) is 15.8. The lowest BCUT2D eigenvalue weighted by Crippen LogP contribution is -2.34. The van der Waals surface area contributed by atoms with Crippen molar-refractivity contribution in [1.82, 2.24) is 20.1 Å². The summed E-state index contributed by atoms with van der Waals surface area (Å²) in [4.78, 5) is 16.1. The Kier molecular flexibility index (Phi) is 5.09. The maximum Gasteiger partial charge on any atom is 0.340 e. The van der Waals surface area contributed by atoms with Gasteiger partial charge in [-0.05, 0) is 43.5 Å². The van der Waals surface area contributed by atoms with E-state index in [1.54, 1.807) is 0 Å². The first-order valence-electron chi connectivity index (χ1n) is 8.03. The minimum absolute atomic E-state index is 0.290.